The van der Waals surface area contributed by atoms with Gasteiger partial charge in [0.25, 0.3) is 0 Å². The third-order valence-electron chi connectivity index (χ3n) is 5.54. The van der Waals surface area contributed by atoms with Gasteiger partial charge in [-0.25, -0.2) is 4.79 Å². The lowest BCUT2D eigenvalue weighted by atomic mass is 9.74. The number of nitrogens with one attached hydrogen (secondary N) is 1. The Morgan fingerprint density at radius 3 is 2.50 bits per heavy atom. The predicted octanol–water partition coefficient (Wildman–Crippen LogP) is 4.51. The molecule has 0 unspecified atom stereocenters. The molecule has 150 valence electrons. The minimum Gasteiger partial charge on any atom is -0.495 e. The van der Waals surface area contributed by atoms with Gasteiger partial charge < -0.3 is 20.1 Å². The fourth-order valence-corrected chi connectivity index (χ4v) is 3.85. The van der Waals surface area contributed by atoms with Gasteiger partial charge in [-0.1, -0.05) is 29.8 Å². The number of ether oxygens (including phenoxy) is 1. The number of urea groups is 1. The van der Waals surface area contributed by atoms with E-state index in [-0.39, 0.29) is 18.1 Å². The number of piperidine rings is 1. The van der Waals surface area contributed by atoms with Gasteiger partial charge in [-0.15, -0.1) is 0 Å². The summed E-state index contributed by atoms with van der Waals surface area (Å²) in [5.74, 6) is 0.642. The van der Waals surface area contributed by atoms with Crippen LogP contribution in [0.2, 0.25) is 5.02 Å². The molecule has 3 rings (SSSR count). The highest BCUT2D eigenvalue weighted by Gasteiger charge is 2.35. The summed E-state index contributed by atoms with van der Waals surface area (Å²) in [6, 6.07) is 13.3. The van der Waals surface area contributed by atoms with Crippen LogP contribution in [0.15, 0.2) is 42.5 Å². The number of likely N-dealkylation sites (tertiary alicyclic amines) is 1. The van der Waals surface area contributed by atoms with Crippen molar-refractivity contribution in [3.63, 3.8) is 0 Å². The number of methoxy groups -OCH3 is 1. The van der Waals surface area contributed by atoms with Crippen molar-refractivity contribution >= 4 is 23.3 Å². The van der Waals surface area contributed by atoms with Crippen molar-refractivity contribution in [2.45, 2.75) is 26.2 Å². The number of hydrogen-bond acceptors (Lipinski definition) is 3. The van der Waals surface area contributed by atoms with Crippen molar-refractivity contribution in [3.8, 4) is 5.75 Å². The lowest BCUT2D eigenvalue weighted by molar-refractivity contribution is 0.0575. The maximum absolute atomic E-state index is 12.7. The number of halogens is 1. The number of aliphatic hydroxyl groups excluding tert-OH is 1. The molecule has 0 atom stereocenters. The summed E-state index contributed by atoms with van der Waals surface area (Å²) in [5, 5.41) is 13.7. The molecule has 0 aromatic heterocycles. The minimum atomic E-state index is -0.203. The van der Waals surface area contributed by atoms with E-state index in [0.29, 0.717) is 29.5 Å². The zero-order chi connectivity index (χ0) is 20.1. The van der Waals surface area contributed by atoms with Gasteiger partial charge in [0, 0.05) is 30.1 Å². The topological polar surface area (TPSA) is 61.8 Å². The van der Waals surface area contributed by atoms with Crippen LogP contribution in [-0.4, -0.2) is 42.8 Å². The van der Waals surface area contributed by atoms with Crippen LogP contribution in [0.1, 0.15) is 24.0 Å². The summed E-state index contributed by atoms with van der Waals surface area (Å²) in [6.07, 6.45) is 2.29. The first-order chi connectivity index (χ1) is 13.4. The zero-order valence-corrected chi connectivity index (χ0v) is 17.1. The van der Waals surface area contributed by atoms with E-state index in [1.54, 1.807) is 12.0 Å². The fourth-order valence-electron chi connectivity index (χ4n) is 3.72. The molecule has 0 saturated carbocycles. The number of aliphatic hydroxyl groups is 1. The maximum Gasteiger partial charge on any atom is 0.321 e. The van der Waals surface area contributed by atoms with Gasteiger partial charge in [-0.05, 0) is 61.6 Å². The van der Waals surface area contributed by atoms with Gasteiger partial charge in [0.1, 0.15) is 5.75 Å². The van der Waals surface area contributed by atoms with Gasteiger partial charge >= 0.3 is 6.03 Å². The largest absolute Gasteiger partial charge is 0.495 e. The first kappa shape index (κ1) is 20.5. The highest BCUT2D eigenvalue weighted by molar-refractivity contribution is 6.30. The van der Waals surface area contributed by atoms with Gasteiger partial charge in [0.15, 0.2) is 0 Å². The van der Waals surface area contributed by atoms with Gasteiger partial charge in [-0.3, -0.25) is 0 Å². The van der Waals surface area contributed by atoms with Crippen LogP contribution < -0.4 is 10.1 Å². The Balaban J connectivity index is 1.62. The first-order valence-electron chi connectivity index (χ1n) is 9.50. The van der Waals surface area contributed by atoms with E-state index in [0.717, 1.165) is 30.4 Å². The van der Waals surface area contributed by atoms with E-state index < -0.39 is 0 Å². The summed E-state index contributed by atoms with van der Waals surface area (Å²) in [6.45, 7) is 3.29. The number of carbonyl (C=O) groups excluding carboxylic acids is 1. The standard InChI is InChI=1S/C22H27ClN2O3/c1-16-3-8-20(28-2)19(13-16)24-21(27)25-11-9-22(15-26,10-12-25)14-17-4-6-18(23)7-5-17/h3-8,13,26H,9-12,14-15H2,1-2H3,(H,24,27). The van der Waals surface area contributed by atoms with Crippen LogP contribution in [0.5, 0.6) is 5.75 Å². The molecule has 0 aliphatic carbocycles. The van der Waals surface area contributed by atoms with E-state index in [9.17, 15) is 9.90 Å². The number of nitrogens with zero attached hydrogens (tertiary/aromatic N) is 1. The summed E-state index contributed by atoms with van der Waals surface area (Å²) in [5.41, 5.74) is 2.68. The van der Waals surface area contributed by atoms with E-state index >= 15 is 0 Å². The van der Waals surface area contributed by atoms with Gasteiger partial charge in [0.2, 0.25) is 0 Å². The summed E-state index contributed by atoms with van der Waals surface area (Å²) < 4.78 is 5.34. The van der Waals surface area contributed by atoms with E-state index in [1.807, 2.05) is 49.4 Å². The number of carbonyl (C=O) groups is 1. The van der Waals surface area contributed by atoms with Crippen molar-refractivity contribution in [2.24, 2.45) is 5.41 Å². The Bertz CT molecular complexity index is 815. The smallest absolute Gasteiger partial charge is 0.321 e. The van der Waals surface area contributed by atoms with E-state index in [1.165, 1.54) is 0 Å². The van der Waals surface area contributed by atoms with Crippen LogP contribution in [0.25, 0.3) is 0 Å². The Hall–Kier alpha value is -2.24. The Morgan fingerprint density at radius 2 is 1.89 bits per heavy atom. The van der Waals surface area contributed by atoms with E-state index in [2.05, 4.69) is 5.32 Å². The molecule has 0 bridgehead atoms. The summed E-state index contributed by atoms with van der Waals surface area (Å²) >= 11 is 5.97. The van der Waals surface area contributed by atoms with Crippen LogP contribution in [0.3, 0.4) is 0 Å². The monoisotopic (exact) mass is 402 g/mol. The van der Waals surface area contributed by atoms with Crippen LogP contribution in [0.4, 0.5) is 10.5 Å². The average Bonchev–Trinajstić information content (AvgIpc) is 2.70. The third kappa shape index (κ3) is 4.78. The number of anilines is 1. The molecule has 2 N–H and O–H groups in total. The Labute approximate surface area is 171 Å². The van der Waals surface area contributed by atoms with Gasteiger partial charge in [0.05, 0.1) is 12.8 Å². The van der Waals surface area contributed by atoms with Crippen molar-refractivity contribution in [1.82, 2.24) is 4.90 Å². The minimum absolute atomic E-state index is 0.108. The predicted molar refractivity (Wildman–Crippen MR) is 112 cm³/mol. The molecular weight excluding hydrogens is 376 g/mol. The second kappa shape index (κ2) is 8.84. The first-order valence-corrected chi connectivity index (χ1v) is 9.88. The number of hydrogen-bond donors (Lipinski definition) is 2. The molecule has 0 spiro atoms. The highest BCUT2D eigenvalue weighted by Crippen LogP contribution is 2.35. The van der Waals surface area contributed by atoms with Crippen molar-refractivity contribution in [2.75, 3.05) is 32.1 Å². The normalized spacial score (nSPS) is 15.9. The summed E-state index contributed by atoms with van der Waals surface area (Å²) in [4.78, 5) is 14.5. The van der Waals surface area contributed by atoms with Crippen molar-refractivity contribution < 1.29 is 14.6 Å². The molecule has 1 fully saturated rings. The van der Waals surface area contributed by atoms with Crippen LogP contribution in [0, 0.1) is 12.3 Å². The SMILES string of the molecule is COc1ccc(C)cc1NC(=O)N1CCC(CO)(Cc2ccc(Cl)cc2)CC1. The fraction of sp³-hybridized carbons (Fsp3) is 0.409. The maximum atomic E-state index is 12.7. The second-order valence-corrected chi connectivity index (χ2v) is 8.02. The highest BCUT2D eigenvalue weighted by atomic mass is 35.5. The molecular formula is C22H27ClN2O3. The van der Waals surface area contributed by atoms with Crippen LogP contribution >= 0.6 is 11.6 Å². The molecule has 2 aromatic rings. The lowest BCUT2D eigenvalue weighted by Crippen LogP contribution is -2.47. The zero-order valence-electron chi connectivity index (χ0n) is 16.4. The van der Waals surface area contributed by atoms with E-state index in [4.69, 9.17) is 16.3 Å². The quantitative estimate of drug-likeness (QED) is 0.773. The number of aryl methyl sites for hydroxylation is 1. The molecule has 6 heteroatoms. The number of benzene rings is 2. The Morgan fingerprint density at radius 1 is 1.21 bits per heavy atom. The molecule has 5 nitrogen and oxygen atoms in total. The summed E-state index contributed by atoms with van der Waals surface area (Å²) in [7, 11) is 1.59. The molecule has 1 aliphatic rings. The molecule has 28 heavy (non-hydrogen) atoms. The second-order valence-electron chi connectivity index (χ2n) is 7.58. The molecule has 1 heterocycles. The third-order valence-corrected chi connectivity index (χ3v) is 5.79. The molecule has 1 aliphatic heterocycles. The molecule has 0 radical (unpaired) electrons. The average molecular weight is 403 g/mol. The molecule has 1 saturated heterocycles. The number of rotatable bonds is 5. The van der Waals surface area contributed by atoms with Crippen molar-refractivity contribution in [1.29, 1.82) is 0 Å². The molecule has 2 amide bonds. The molecule has 2 aromatic carbocycles. The van der Waals surface area contributed by atoms with Crippen LogP contribution in [-0.2, 0) is 6.42 Å². The van der Waals surface area contributed by atoms with Crippen molar-refractivity contribution in [3.05, 3.63) is 58.6 Å². The number of amides is 2. The Kier molecular flexibility index (Phi) is 6.47. The van der Waals surface area contributed by atoms with Gasteiger partial charge in [-0.2, -0.15) is 0 Å². The lowest BCUT2D eigenvalue weighted by Gasteiger charge is -2.41.